The molecule has 1 aliphatic rings. The lowest BCUT2D eigenvalue weighted by molar-refractivity contribution is 0.0770. The zero-order valence-electron chi connectivity index (χ0n) is 17.3. The average molecular weight is 421 g/mol. The van der Waals surface area contributed by atoms with Gasteiger partial charge in [0.2, 0.25) is 5.88 Å². The van der Waals surface area contributed by atoms with Crippen molar-refractivity contribution in [2.45, 2.75) is 6.54 Å². The monoisotopic (exact) mass is 421 g/mol. The number of nitrogens with zero attached hydrogens (tertiary/aromatic N) is 3. The van der Waals surface area contributed by atoms with Crippen molar-refractivity contribution in [1.29, 1.82) is 0 Å². The van der Waals surface area contributed by atoms with Crippen molar-refractivity contribution >= 4 is 5.91 Å². The average Bonchev–Trinajstić information content (AvgIpc) is 2.78. The van der Waals surface area contributed by atoms with Gasteiger partial charge in [0.15, 0.2) is 11.5 Å². The van der Waals surface area contributed by atoms with E-state index in [1.54, 1.807) is 42.4 Å². The van der Waals surface area contributed by atoms with Crippen LogP contribution in [0.4, 0.5) is 4.39 Å². The van der Waals surface area contributed by atoms with Crippen LogP contribution in [0, 0.1) is 5.82 Å². The molecule has 0 unspecified atom stereocenters. The van der Waals surface area contributed by atoms with E-state index in [1.165, 1.54) is 12.1 Å². The largest absolute Gasteiger partial charge is 0.488 e. The first kappa shape index (κ1) is 20.8. The van der Waals surface area contributed by atoms with Gasteiger partial charge in [0, 0.05) is 39.4 Å². The molecule has 0 fully saturated rings. The highest BCUT2D eigenvalue weighted by Crippen LogP contribution is 2.32. The van der Waals surface area contributed by atoms with Gasteiger partial charge >= 0.3 is 0 Å². The SMILES string of the molecule is CN1CCN(Cc2cccc(F)c2)CCOc2ccccc2Oc2ncccc2C1=O. The number of benzene rings is 2. The van der Waals surface area contributed by atoms with Crippen molar-refractivity contribution in [3.05, 3.63) is 83.8 Å². The van der Waals surface area contributed by atoms with Crippen molar-refractivity contribution in [2.24, 2.45) is 0 Å². The van der Waals surface area contributed by atoms with Crippen molar-refractivity contribution < 1.29 is 18.7 Å². The van der Waals surface area contributed by atoms with Crippen molar-refractivity contribution in [3.8, 4) is 17.4 Å². The molecule has 2 heterocycles. The van der Waals surface area contributed by atoms with Gasteiger partial charge < -0.3 is 14.4 Å². The molecule has 2 aromatic carbocycles. The number of para-hydroxylation sites is 2. The predicted molar refractivity (Wildman–Crippen MR) is 115 cm³/mol. The van der Waals surface area contributed by atoms with Crippen LogP contribution in [0.2, 0.25) is 0 Å². The maximum atomic E-state index is 13.6. The second-order valence-corrected chi connectivity index (χ2v) is 7.39. The van der Waals surface area contributed by atoms with Crippen LogP contribution < -0.4 is 9.47 Å². The molecule has 31 heavy (non-hydrogen) atoms. The van der Waals surface area contributed by atoms with Gasteiger partial charge in [-0.15, -0.1) is 0 Å². The Morgan fingerprint density at radius 1 is 1.00 bits per heavy atom. The molecule has 0 bridgehead atoms. The second-order valence-electron chi connectivity index (χ2n) is 7.39. The number of hydrogen-bond acceptors (Lipinski definition) is 5. The molecular weight excluding hydrogens is 397 g/mol. The third-order valence-corrected chi connectivity index (χ3v) is 5.12. The summed E-state index contributed by atoms with van der Waals surface area (Å²) in [5, 5.41) is 0. The molecule has 3 aromatic rings. The lowest BCUT2D eigenvalue weighted by atomic mass is 10.2. The molecule has 0 atom stereocenters. The smallest absolute Gasteiger partial charge is 0.259 e. The lowest BCUT2D eigenvalue weighted by Gasteiger charge is -2.25. The maximum Gasteiger partial charge on any atom is 0.259 e. The number of hydrogen-bond donors (Lipinski definition) is 0. The number of carbonyl (C=O) groups excluding carboxylic acids is 1. The zero-order chi connectivity index (χ0) is 21.6. The van der Waals surface area contributed by atoms with E-state index in [4.69, 9.17) is 9.47 Å². The van der Waals surface area contributed by atoms with Gasteiger partial charge in [-0.1, -0.05) is 24.3 Å². The minimum absolute atomic E-state index is 0.175. The number of aromatic nitrogens is 1. The Kier molecular flexibility index (Phi) is 6.43. The van der Waals surface area contributed by atoms with Gasteiger partial charge in [-0.2, -0.15) is 0 Å². The zero-order valence-corrected chi connectivity index (χ0v) is 17.3. The minimum Gasteiger partial charge on any atom is -0.488 e. The minimum atomic E-state index is -0.262. The van der Waals surface area contributed by atoms with E-state index in [0.29, 0.717) is 49.8 Å². The summed E-state index contributed by atoms with van der Waals surface area (Å²) in [7, 11) is 1.75. The van der Waals surface area contributed by atoms with Gasteiger partial charge in [0.25, 0.3) is 5.91 Å². The molecule has 1 aromatic heterocycles. The van der Waals surface area contributed by atoms with Crippen LogP contribution in [0.15, 0.2) is 66.9 Å². The Labute approximate surface area is 180 Å². The first-order valence-electron chi connectivity index (χ1n) is 10.2. The van der Waals surface area contributed by atoms with Crippen LogP contribution in [-0.2, 0) is 6.54 Å². The summed E-state index contributed by atoms with van der Waals surface area (Å²) in [5.41, 5.74) is 1.26. The normalized spacial score (nSPS) is 15.4. The fraction of sp³-hybridized carbons (Fsp3) is 0.250. The Balaban J connectivity index is 1.62. The number of carbonyl (C=O) groups is 1. The van der Waals surface area contributed by atoms with Crippen LogP contribution in [0.25, 0.3) is 0 Å². The molecule has 0 saturated carbocycles. The van der Waals surface area contributed by atoms with E-state index in [1.807, 2.05) is 24.3 Å². The van der Waals surface area contributed by atoms with E-state index in [0.717, 1.165) is 5.56 Å². The summed E-state index contributed by atoms with van der Waals surface area (Å²) >= 11 is 0. The summed E-state index contributed by atoms with van der Waals surface area (Å²) in [6.07, 6.45) is 1.59. The molecule has 0 spiro atoms. The van der Waals surface area contributed by atoms with Crippen LogP contribution in [-0.4, -0.2) is 54.0 Å². The van der Waals surface area contributed by atoms with Crippen molar-refractivity contribution in [1.82, 2.24) is 14.8 Å². The molecule has 160 valence electrons. The molecule has 7 heteroatoms. The van der Waals surface area contributed by atoms with Gasteiger partial charge in [-0.25, -0.2) is 9.37 Å². The number of rotatable bonds is 2. The fourth-order valence-electron chi connectivity index (χ4n) is 3.44. The van der Waals surface area contributed by atoms with Gasteiger partial charge in [-0.05, 0) is 42.0 Å². The summed E-state index contributed by atoms with van der Waals surface area (Å²) in [4.78, 5) is 21.1. The Morgan fingerprint density at radius 2 is 1.84 bits per heavy atom. The van der Waals surface area contributed by atoms with E-state index >= 15 is 0 Å². The summed E-state index contributed by atoms with van der Waals surface area (Å²) < 4.78 is 25.6. The van der Waals surface area contributed by atoms with Crippen molar-refractivity contribution in [2.75, 3.05) is 33.3 Å². The summed E-state index contributed by atoms with van der Waals surface area (Å²) in [6, 6.07) is 17.3. The Bertz CT molecular complexity index is 1060. The van der Waals surface area contributed by atoms with Crippen LogP contribution in [0.3, 0.4) is 0 Å². The van der Waals surface area contributed by atoms with Crippen LogP contribution in [0.1, 0.15) is 15.9 Å². The summed E-state index contributed by atoms with van der Waals surface area (Å²) in [6.45, 7) is 2.69. The maximum absolute atomic E-state index is 13.6. The number of amides is 1. The summed E-state index contributed by atoms with van der Waals surface area (Å²) in [5.74, 6) is 0.874. The highest BCUT2D eigenvalue weighted by molar-refractivity contribution is 5.96. The number of fused-ring (bicyclic) bond motifs is 2. The highest BCUT2D eigenvalue weighted by atomic mass is 19.1. The number of pyridine rings is 1. The van der Waals surface area contributed by atoms with E-state index in [9.17, 15) is 9.18 Å². The first-order chi connectivity index (χ1) is 15.1. The number of ether oxygens (including phenoxy) is 2. The molecule has 4 rings (SSSR count). The third-order valence-electron chi connectivity index (χ3n) is 5.12. The predicted octanol–water partition coefficient (Wildman–Crippen LogP) is 3.98. The molecule has 0 aliphatic carbocycles. The van der Waals surface area contributed by atoms with Crippen molar-refractivity contribution in [3.63, 3.8) is 0 Å². The molecular formula is C24H24FN3O3. The van der Waals surface area contributed by atoms with Gasteiger partial charge in [-0.3, -0.25) is 9.69 Å². The Morgan fingerprint density at radius 3 is 2.68 bits per heavy atom. The van der Waals surface area contributed by atoms with Gasteiger partial charge in [0.1, 0.15) is 18.0 Å². The van der Waals surface area contributed by atoms with Crippen LogP contribution >= 0.6 is 0 Å². The molecule has 6 nitrogen and oxygen atoms in total. The molecule has 0 saturated heterocycles. The lowest BCUT2D eigenvalue weighted by Crippen LogP contribution is -2.37. The second kappa shape index (κ2) is 9.57. The van der Waals surface area contributed by atoms with Crippen LogP contribution in [0.5, 0.6) is 17.4 Å². The third kappa shape index (κ3) is 5.19. The fourth-order valence-corrected chi connectivity index (χ4v) is 3.44. The molecule has 0 N–H and O–H groups in total. The topological polar surface area (TPSA) is 54.9 Å². The first-order valence-corrected chi connectivity index (χ1v) is 10.2. The van der Waals surface area contributed by atoms with Gasteiger partial charge in [0.05, 0.1) is 0 Å². The van der Waals surface area contributed by atoms with E-state index in [2.05, 4.69) is 9.88 Å². The standard InChI is InChI=1S/C24H24FN3O3/c1-27-12-13-28(17-18-6-4-7-19(25)16-18)14-15-30-21-9-2-3-10-22(21)31-23-20(24(27)29)8-5-11-26-23/h2-11,16H,12-15,17H2,1H3. The van der Waals surface area contributed by atoms with E-state index < -0.39 is 0 Å². The molecule has 1 aliphatic heterocycles. The quantitative estimate of drug-likeness (QED) is 0.627. The van der Waals surface area contributed by atoms with E-state index in [-0.39, 0.29) is 17.6 Å². The molecule has 0 radical (unpaired) electrons. The number of halogens is 1. The molecule has 1 amide bonds. The Hall–Kier alpha value is -3.45. The highest BCUT2D eigenvalue weighted by Gasteiger charge is 2.21. The number of likely N-dealkylation sites (N-methyl/N-ethyl adjacent to an activating group) is 1.